The van der Waals surface area contributed by atoms with Gasteiger partial charge < -0.3 is 5.11 Å². The number of aromatic nitrogens is 2. The normalized spacial score (nSPS) is 12.6. The summed E-state index contributed by atoms with van der Waals surface area (Å²) in [5.41, 5.74) is -0.444. The molecule has 19 heavy (non-hydrogen) atoms. The molecule has 6 nitrogen and oxygen atoms in total. The van der Waals surface area contributed by atoms with Gasteiger partial charge in [-0.05, 0) is 24.4 Å². The Hall–Kier alpha value is -0.760. The van der Waals surface area contributed by atoms with Crippen LogP contribution in [0.2, 0.25) is 5.28 Å². The minimum atomic E-state index is -3.69. The van der Waals surface area contributed by atoms with Gasteiger partial charge in [0.25, 0.3) is 0 Å². The van der Waals surface area contributed by atoms with E-state index in [0.29, 0.717) is 12.8 Å². The van der Waals surface area contributed by atoms with Crippen LogP contribution in [0.15, 0.2) is 17.3 Å². The van der Waals surface area contributed by atoms with Crippen LogP contribution >= 0.6 is 11.6 Å². The highest BCUT2D eigenvalue weighted by Crippen LogP contribution is 2.25. The zero-order valence-electron chi connectivity index (χ0n) is 10.9. The summed E-state index contributed by atoms with van der Waals surface area (Å²) in [7, 11) is -3.69. The van der Waals surface area contributed by atoms with Crippen molar-refractivity contribution in [2.24, 2.45) is 5.41 Å². The first-order chi connectivity index (χ1) is 8.89. The molecular formula is C11H18ClN3O3S. The van der Waals surface area contributed by atoms with E-state index in [1.807, 2.05) is 13.8 Å². The van der Waals surface area contributed by atoms with Crippen LogP contribution in [-0.2, 0) is 10.0 Å². The minimum absolute atomic E-state index is 0.00855. The van der Waals surface area contributed by atoms with Crippen LogP contribution in [0.1, 0.15) is 26.7 Å². The number of hydrogen-bond acceptors (Lipinski definition) is 5. The van der Waals surface area contributed by atoms with Gasteiger partial charge in [0.15, 0.2) is 0 Å². The maximum absolute atomic E-state index is 12.0. The highest BCUT2D eigenvalue weighted by atomic mass is 35.5. The van der Waals surface area contributed by atoms with Crippen molar-refractivity contribution in [3.63, 3.8) is 0 Å². The second-order valence-corrected chi connectivity index (χ2v) is 6.48. The quantitative estimate of drug-likeness (QED) is 0.739. The smallest absolute Gasteiger partial charge is 0.243 e. The molecular weight excluding hydrogens is 290 g/mol. The number of halogens is 1. The molecule has 8 heteroatoms. The predicted molar refractivity (Wildman–Crippen MR) is 72.3 cm³/mol. The number of rotatable bonds is 7. The van der Waals surface area contributed by atoms with E-state index in [1.165, 1.54) is 0 Å². The fourth-order valence-electron chi connectivity index (χ4n) is 1.55. The molecule has 0 aliphatic carbocycles. The Balaban J connectivity index is 2.83. The fraction of sp³-hybridized carbons (Fsp3) is 0.636. The van der Waals surface area contributed by atoms with E-state index in [9.17, 15) is 13.5 Å². The number of hydrogen-bond donors (Lipinski definition) is 2. The molecule has 0 saturated heterocycles. The molecule has 0 amide bonds. The van der Waals surface area contributed by atoms with Crippen LogP contribution in [0, 0.1) is 5.41 Å². The molecule has 0 radical (unpaired) electrons. The molecule has 2 N–H and O–H groups in total. The number of aliphatic hydroxyl groups is 1. The third-order valence-corrected chi connectivity index (χ3v) is 4.93. The molecule has 1 aromatic rings. The molecule has 0 aromatic carbocycles. The van der Waals surface area contributed by atoms with Crippen molar-refractivity contribution in [1.29, 1.82) is 0 Å². The van der Waals surface area contributed by atoms with Crippen LogP contribution < -0.4 is 4.72 Å². The molecule has 0 fully saturated rings. The van der Waals surface area contributed by atoms with Crippen molar-refractivity contribution in [3.05, 3.63) is 17.7 Å². The van der Waals surface area contributed by atoms with Gasteiger partial charge in [-0.1, -0.05) is 13.8 Å². The predicted octanol–water partition coefficient (Wildman–Crippen LogP) is 1.21. The van der Waals surface area contributed by atoms with E-state index in [2.05, 4.69) is 14.7 Å². The lowest BCUT2D eigenvalue weighted by atomic mass is 9.84. The van der Waals surface area contributed by atoms with Crippen molar-refractivity contribution in [1.82, 2.24) is 14.7 Å². The lowest BCUT2D eigenvalue weighted by molar-refractivity contribution is 0.119. The second-order valence-electron chi connectivity index (χ2n) is 4.38. The zero-order valence-corrected chi connectivity index (χ0v) is 12.5. The van der Waals surface area contributed by atoms with Crippen molar-refractivity contribution < 1.29 is 13.5 Å². The summed E-state index contributed by atoms with van der Waals surface area (Å²) < 4.78 is 26.5. The van der Waals surface area contributed by atoms with Gasteiger partial charge in [0, 0.05) is 18.6 Å². The molecule has 0 unspecified atom stereocenters. The molecule has 0 atom stereocenters. The molecule has 0 spiro atoms. The molecule has 0 bridgehead atoms. The van der Waals surface area contributed by atoms with Gasteiger partial charge in [0.05, 0.1) is 12.4 Å². The standard InChI is InChI=1S/C11H18ClN3O3S/c1-3-11(4-2,8-16)7-15-19(17,18)9-5-13-10(12)14-6-9/h5-6,15-16H,3-4,7-8H2,1-2H3. The average molecular weight is 308 g/mol. The van der Waals surface area contributed by atoms with E-state index in [-0.39, 0.29) is 23.3 Å². The van der Waals surface area contributed by atoms with Gasteiger partial charge in [0.2, 0.25) is 15.3 Å². The van der Waals surface area contributed by atoms with Gasteiger partial charge in [-0.2, -0.15) is 0 Å². The molecule has 0 saturated carbocycles. The molecule has 1 heterocycles. The second kappa shape index (κ2) is 6.60. The first-order valence-electron chi connectivity index (χ1n) is 5.97. The summed E-state index contributed by atoms with van der Waals surface area (Å²) in [5.74, 6) is 0. The van der Waals surface area contributed by atoms with Crippen LogP contribution in [-0.4, -0.2) is 36.6 Å². The van der Waals surface area contributed by atoms with Crippen molar-refractivity contribution in [3.8, 4) is 0 Å². The van der Waals surface area contributed by atoms with Crippen LogP contribution in [0.3, 0.4) is 0 Å². The van der Waals surface area contributed by atoms with Crippen LogP contribution in [0.4, 0.5) is 0 Å². The Kier molecular flexibility index (Phi) is 5.66. The number of nitrogens with zero attached hydrogens (tertiary/aromatic N) is 2. The van der Waals surface area contributed by atoms with Gasteiger partial charge in [-0.25, -0.2) is 23.1 Å². The van der Waals surface area contributed by atoms with E-state index in [1.54, 1.807) is 0 Å². The summed E-state index contributed by atoms with van der Waals surface area (Å²) in [4.78, 5) is 7.23. The third kappa shape index (κ3) is 4.10. The van der Waals surface area contributed by atoms with E-state index in [0.717, 1.165) is 12.4 Å². The molecule has 108 valence electrons. The van der Waals surface area contributed by atoms with Gasteiger partial charge in [-0.15, -0.1) is 0 Å². The lowest BCUT2D eigenvalue weighted by Crippen LogP contribution is -2.39. The average Bonchev–Trinajstić information content (AvgIpc) is 2.41. The Bertz CT molecular complexity index is 492. The number of sulfonamides is 1. The first-order valence-corrected chi connectivity index (χ1v) is 7.83. The Labute approximate surface area is 118 Å². The minimum Gasteiger partial charge on any atom is -0.396 e. The summed E-state index contributed by atoms with van der Waals surface area (Å²) in [6, 6.07) is 0. The number of nitrogens with one attached hydrogen (secondary N) is 1. The number of aliphatic hydroxyl groups excluding tert-OH is 1. The molecule has 1 rings (SSSR count). The monoisotopic (exact) mass is 307 g/mol. The van der Waals surface area contributed by atoms with Crippen molar-refractivity contribution >= 4 is 21.6 Å². The molecule has 0 aliphatic heterocycles. The topological polar surface area (TPSA) is 92.2 Å². The van der Waals surface area contributed by atoms with Gasteiger partial charge in [0.1, 0.15) is 4.90 Å². The Morgan fingerprint density at radius 3 is 2.26 bits per heavy atom. The summed E-state index contributed by atoms with van der Waals surface area (Å²) >= 11 is 5.51. The summed E-state index contributed by atoms with van der Waals surface area (Å²) in [6.07, 6.45) is 3.66. The third-order valence-electron chi connectivity index (χ3n) is 3.38. The SMILES string of the molecule is CCC(CC)(CO)CNS(=O)(=O)c1cnc(Cl)nc1. The summed E-state index contributed by atoms with van der Waals surface area (Å²) in [5, 5.41) is 9.39. The van der Waals surface area contributed by atoms with Crippen molar-refractivity contribution in [2.45, 2.75) is 31.6 Å². The van der Waals surface area contributed by atoms with Gasteiger partial charge in [-0.3, -0.25) is 0 Å². The molecule has 0 aliphatic rings. The largest absolute Gasteiger partial charge is 0.396 e. The highest BCUT2D eigenvalue weighted by Gasteiger charge is 2.28. The zero-order chi connectivity index (χ0) is 14.5. The molecule has 1 aromatic heterocycles. The lowest BCUT2D eigenvalue weighted by Gasteiger charge is -2.29. The summed E-state index contributed by atoms with van der Waals surface area (Å²) in [6.45, 7) is 3.93. The van der Waals surface area contributed by atoms with Crippen molar-refractivity contribution in [2.75, 3.05) is 13.2 Å². The fourth-order valence-corrected chi connectivity index (χ4v) is 2.69. The van der Waals surface area contributed by atoms with Crippen LogP contribution in [0.5, 0.6) is 0 Å². The maximum atomic E-state index is 12.0. The highest BCUT2D eigenvalue weighted by molar-refractivity contribution is 7.89. The van der Waals surface area contributed by atoms with E-state index in [4.69, 9.17) is 11.6 Å². The van der Waals surface area contributed by atoms with E-state index >= 15 is 0 Å². The Morgan fingerprint density at radius 1 is 1.32 bits per heavy atom. The Morgan fingerprint density at radius 2 is 1.84 bits per heavy atom. The van der Waals surface area contributed by atoms with E-state index < -0.39 is 15.4 Å². The van der Waals surface area contributed by atoms with Gasteiger partial charge >= 0.3 is 0 Å². The maximum Gasteiger partial charge on any atom is 0.243 e. The first kappa shape index (κ1) is 16.3. The van der Waals surface area contributed by atoms with Crippen LogP contribution in [0.25, 0.3) is 0 Å².